The summed E-state index contributed by atoms with van der Waals surface area (Å²) in [5.41, 5.74) is 3.94. The van der Waals surface area contributed by atoms with Gasteiger partial charge in [0.15, 0.2) is 0 Å². The Labute approximate surface area is 162 Å². The minimum absolute atomic E-state index is 0.486. The van der Waals surface area contributed by atoms with Crippen molar-refractivity contribution < 1.29 is 9.90 Å². The zero-order valence-electron chi connectivity index (χ0n) is 16.1. The second kappa shape index (κ2) is 10.3. The van der Waals surface area contributed by atoms with E-state index in [1.54, 1.807) is 0 Å². The zero-order chi connectivity index (χ0) is 19.6. The van der Waals surface area contributed by atoms with Gasteiger partial charge in [-0.2, -0.15) is 5.26 Å². The summed E-state index contributed by atoms with van der Waals surface area (Å²) >= 11 is 0. The average Bonchev–Trinajstić information content (AvgIpc) is 2.69. The van der Waals surface area contributed by atoms with E-state index < -0.39 is 5.97 Å². The van der Waals surface area contributed by atoms with Crippen molar-refractivity contribution in [2.45, 2.75) is 46.0 Å². The Hall–Kier alpha value is -2.86. The van der Waals surface area contributed by atoms with Crippen LogP contribution in [0.1, 0.15) is 61.8 Å². The molecule has 0 aliphatic rings. The van der Waals surface area contributed by atoms with Crippen LogP contribution in [0.15, 0.2) is 54.6 Å². The van der Waals surface area contributed by atoms with Crippen LogP contribution in [-0.4, -0.2) is 11.1 Å². The van der Waals surface area contributed by atoms with Gasteiger partial charge >= 0.3 is 5.97 Å². The lowest BCUT2D eigenvalue weighted by atomic mass is 9.84. The highest BCUT2D eigenvalue weighted by molar-refractivity contribution is 5.96. The van der Waals surface area contributed by atoms with E-state index in [9.17, 15) is 15.2 Å². The third-order valence-electron chi connectivity index (χ3n) is 4.98. The topological polar surface area (TPSA) is 61.1 Å². The number of hydrogen-bond donors (Lipinski definition) is 1. The van der Waals surface area contributed by atoms with Crippen LogP contribution in [-0.2, 0) is 11.2 Å². The Bertz CT molecular complexity index is 831. The van der Waals surface area contributed by atoms with E-state index in [4.69, 9.17) is 0 Å². The van der Waals surface area contributed by atoms with Crippen molar-refractivity contribution in [2.75, 3.05) is 0 Å². The number of nitriles is 1. The fourth-order valence-corrected chi connectivity index (χ4v) is 3.45. The lowest BCUT2D eigenvalue weighted by Crippen LogP contribution is -2.08. The predicted molar refractivity (Wildman–Crippen MR) is 109 cm³/mol. The zero-order valence-corrected chi connectivity index (χ0v) is 16.1. The number of aliphatic carboxylic acids is 1. The number of unbranched alkanes of at least 4 members (excludes halogenated alkanes) is 1. The molecule has 0 aromatic heterocycles. The van der Waals surface area contributed by atoms with Crippen molar-refractivity contribution in [3.8, 4) is 6.07 Å². The highest BCUT2D eigenvalue weighted by atomic mass is 16.4. The van der Waals surface area contributed by atoms with E-state index in [1.807, 2.05) is 48.5 Å². The largest absolute Gasteiger partial charge is 0.478 e. The third kappa shape index (κ3) is 5.56. The van der Waals surface area contributed by atoms with Gasteiger partial charge in [-0.25, -0.2) is 4.79 Å². The molecule has 0 spiro atoms. The number of carboxylic acids is 1. The van der Waals surface area contributed by atoms with Gasteiger partial charge in [0.25, 0.3) is 0 Å². The first-order valence-corrected chi connectivity index (χ1v) is 9.63. The second-order valence-electron chi connectivity index (χ2n) is 6.83. The van der Waals surface area contributed by atoms with Gasteiger partial charge in [0, 0.05) is 6.08 Å². The van der Waals surface area contributed by atoms with Crippen molar-refractivity contribution in [3.05, 3.63) is 76.9 Å². The first-order valence-electron chi connectivity index (χ1n) is 9.63. The first kappa shape index (κ1) is 20.5. The molecular weight excluding hydrogens is 334 g/mol. The molecule has 0 saturated carbocycles. The third-order valence-corrected chi connectivity index (χ3v) is 4.98. The maximum atomic E-state index is 11.5. The van der Waals surface area contributed by atoms with Crippen LogP contribution < -0.4 is 0 Å². The molecule has 0 amide bonds. The lowest BCUT2D eigenvalue weighted by Gasteiger charge is -2.20. The van der Waals surface area contributed by atoms with Crippen molar-refractivity contribution in [3.63, 3.8) is 0 Å². The van der Waals surface area contributed by atoms with Gasteiger partial charge < -0.3 is 5.11 Å². The molecule has 2 aromatic rings. The van der Waals surface area contributed by atoms with E-state index in [0.717, 1.165) is 42.4 Å². The molecule has 2 aromatic carbocycles. The fourth-order valence-electron chi connectivity index (χ4n) is 3.45. The molecule has 0 fully saturated rings. The number of nitrogens with zero attached hydrogens (tertiary/aromatic N) is 1. The summed E-state index contributed by atoms with van der Waals surface area (Å²) in [5.74, 6) is -0.500. The molecule has 0 bridgehead atoms. The Morgan fingerprint density at radius 1 is 1.15 bits per heavy atom. The van der Waals surface area contributed by atoms with Crippen molar-refractivity contribution >= 4 is 11.5 Å². The molecule has 1 unspecified atom stereocenters. The summed E-state index contributed by atoms with van der Waals surface area (Å²) in [6, 6.07) is 17.4. The van der Waals surface area contributed by atoms with Gasteiger partial charge in [0.1, 0.15) is 0 Å². The highest BCUT2D eigenvalue weighted by Crippen LogP contribution is 2.31. The summed E-state index contributed by atoms with van der Waals surface area (Å²) in [6.07, 6.45) is 6.52. The van der Waals surface area contributed by atoms with Crippen LogP contribution >= 0.6 is 0 Å². The van der Waals surface area contributed by atoms with Crippen molar-refractivity contribution in [1.29, 1.82) is 5.26 Å². The second-order valence-corrected chi connectivity index (χ2v) is 6.83. The minimum atomic E-state index is -0.986. The van der Waals surface area contributed by atoms with Crippen LogP contribution in [0.2, 0.25) is 0 Å². The molecule has 1 N–H and O–H groups in total. The molecule has 140 valence electrons. The number of rotatable bonds is 9. The van der Waals surface area contributed by atoms with E-state index >= 15 is 0 Å². The normalized spacial score (nSPS) is 12.4. The molecule has 3 nitrogen and oxygen atoms in total. The Balaban J connectivity index is 2.57. The summed E-state index contributed by atoms with van der Waals surface area (Å²) < 4.78 is 0. The maximum Gasteiger partial charge on any atom is 0.328 e. The number of hydrogen-bond acceptors (Lipinski definition) is 2. The van der Waals surface area contributed by atoms with Crippen LogP contribution in [0.5, 0.6) is 0 Å². The molecule has 27 heavy (non-hydrogen) atoms. The van der Waals surface area contributed by atoms with Crippen molar-refractivity contribution in [2.24, 2.45) is 5.92 Å². The molecule has 0 heterocycles. The Morgan fingerprint density at radius 3 is 2.48 bits per heavy atom. The summed E-state index contributed by atoms with van der Waals surface area (Å²) in [4.78, 5) is 11.5. The molecule has 3 heteroatoms. The number of carbonyl (C=O) groups is 1. The molecule has 2 rings (SSSR count). The highest BCUT2D eigenvalue weighted by Gasteiger charge is 2.18. The quantitative estimate of drug-likeness (QED) is 0.571. The van der Waals surface area contributed by atoms with Gasteiger partial charge in [0.05, 0.1) is 11.6 Å². The minimum Gasteiger partial charge on any atom is -0.478 e. The smallest absolute Gasteiger partial charge is 0.328 e. The van der Waals surface area contributed by atoms with Crippen LogP contribution in [0.4, 0.5) is 0 Å². The molecule has 0 saturated heterocycles. The maximum absolute atomic E-state index is 11.5. The molecular formula is C24H27NO2. The standard InChI is InChI=1S/C24H27NO2/c1-3-5-10-18(4-2)15-22-20(17-25)13-9-14-21(22)23(16-24(26)27)19-11-7-6-8-12-19/h6-9,11-14,16,18H,3-5,10,15H2,1-2H3,(H,26,27)/b23-16+. The van der Waals surface area contributed by atoms with Crippen LogP contribution in [0, 0.1) is 17.2 Å². The van der Waals surface area contributed by atoms with E-state index in [1.165, 1.54) is 12.5 Å². The van der Waals surface area contributed by atoms with E-state index in [-0.39, 0.29) is 0 Å². The van der Waals surface area contributed by atoms with Crippen molar-refractivity contribution in [1.82, 2.24) is 0 Å². The van der Waals surface area contributed by atoms with Gasteiger partial charge in [-0.15, -0.1) is 0 Å². The monoisotopic (exact) mass is 361 g/mol. The van der Waals surface area contributed by atoms with E-state index in [2.05, 4.69) is 19.9 Å². The van der Waals surface area contributed by atoms with Gasteiger partial charge in [0.2, 0.25) is 0 Å². The van der Waals surface area contributed by atoms with Gasteiger partial charge in [-0.3, -0.25) is 0 Å². The SMILES string of the molecule is CCCCC(CC)Cc1c(C#N)cccc1/C(=C/C(=O)O)c1ccccc1. The lowest BCUT2D eigenvalue weighted by molar-refractivity contribution is -0.131. The fraction of sp³-hybridized carbons (Fsp3) is 0.333. The number of carboxylic acid groups (broad SMARTS) is 1. The van der Waals surface area contributed by atoms with Gasteiger partial charge in [-0.05, 0) is 40.7 Å². The Morgan fingerprint density at radius 2 is 1.89 bits per heavy atom. The molecule has 0 aliphatic carbocycles. The first-order chi connectivity index (χ1) is 13.1. The summed E-state index contributed by atoms with van der Waals surface area (Å²) in [5, 5.41) is 19.1. The Kier molecular flexibility index (Phi) is 7.82. The van der Waals surface area contributed by atoms with E-state index in [0.29, 0.717) is 17.1 Å². The van der Waals surface area contributed by atoms with Crippen LogP contribution in [0.3, 0.4) is 0 Å². The summed E-state index contributed by atoms with van der Waals surface area (Å²) in [7, 11) is 0. The van der Waals surface area contributed by atoms with Gasteiger partial charge in [-0.1, -0.05) is 82.0 Å². The predicted octanol–water partition coefficient (Wildman–Crippen LogP) is 5.83. The molecule has 0 radical (unpaired) electrons. The number of benzene rings is 2. The molecule has 1 atom stereocenters. The van der Waals surface area contributed by atoms with Crippen LogP contribution in [0.25, 0.3) is 5.57 Å². The average molecular weight is 361 g/mol. The molecule has 0 aliphatic heterocycles. The summed E-state index contributed by atoms with van der Waals surface area (Å²) in [6.45, 7) is 4.37.